The Bertz CT molecular complexity index is 290. The third kappa shape index (κ3) is 3.52. The summed E-state index contributed by atoms with van der Waals surface area (Å²) >= 11 is 0. The Morgan fingerprint density at radius 2 is 1.84 bits per heavy atom. The number of rotatable bonds is 6. The van der Waals surface area contributed by atoms with Crippen LogP contribution in [0.25, 0.3) is 0 Å². The lowest BCUT2D eigenvalue weighted by Crippen LogP contribution is -2.54. The molecule has 0 amide bonds. The van der Waals surface area contributed by atoms with Crippen molar-refractivity contribution in [2.24, 2.45) is 28.9 Å². The molecule has 0 heterocycles. The van der Waals surface area contributed by atoms with E-state index in [4.69, 9.17) is 5.73 Å². The van der Waals surface area contributed by atoms with E-state index in [1.54, 1.807) is 0 Å². The van der Waals surface area contributed by atoms with Gasteiger partial charge < -0.3 is 11.1 Å². The fourth-order valence-electron chi connectivity index (χ4n) is 3.72. The molecule has 0 aromatic rings. The Balaban J connectivity index is 1.84. The van der Waals surface area contributed by atoms with Crippen LogP contribution in [-0.2, 0) is 0 Å². The van der Waals surface area contributed by atoms with Crippen molar-refractivity contribution < 1.29 is 0 Å². The van der Waals surface area contributed by atoms with Crippen LogP contribution in [-0.4, -0.2) is 18.6 Å². The van der Waals surface area contributed by atoms with Crippen molar-refractivity contribution in [2.75, 3.05) is 13.1 Å². The van der Waals surface area contributed by atoms with Crippen molar-refractivity contribution in [1.82, 2.24) is 5.32 Å². The maximum absolute atomic E-state index is 6.10. The first-order valence-corrected chi connectivity index (χ1v) is 8.37. The molecule has 2 aliphatic carbocycles. The first-order valence-electron chi connectivity index (χ1n) is 8.37. The normalized spacial score (nSPS) is 39.3. The van der Waals surface area contributed by atoms with Gasteiger partial charge >= 0.3 is 0 Å². The molecule has 0 spiro atoms. The molecule has 2 atom stereocenters. The zero-order chi connectivity index (χ0) is 14.1. The highest BCUT2D eigenvalue weighted by molar-refractivity contribution is 4.98. The molecule has 112 valence electrons. The number of nitrogens with one attached hydrogen (secondary N) is 1. The van der Waals surface area contributed by atoms with E-state index in [0.29, 0.717) is 5.41 Å². The SMILES string of the molecule is CCC(C)(C)C1CCC(CN)(NCC2CC2C)CC1. The highest BCUT2D eigenvalue weighted by Crippen LogP contribution is 2.44. The predicted octanol–water partition coefficient (Wildman–Crippen LogP) is 3.56. The molecule has 0 radical (unpaired) electrons. The predicted molar refractivity (Wildman–Crippen MR) is 83.1 cm³/mol. The molecule has 2 saturated carbocycles. The highest BCUT2D eigenvalue weighted by Gasteiger charge is 2.40. The smallest absolute Gasteiger partial charge is 0.0304 e. The molecule has 2 nitrogen and oxygen atoms in total. The molecule has 2 fully saturated rings. The summed E-state index contributed by atoms with van der Waals surface area (Å²) in [5.74, 6) is 2.75. The Kier molecular flexibility index (Phi) is 4.62. The summed E-state index contributed by atoms with van der Waals surface area (Å²) in [5, 5.41) is 3.84. The summed E-state index contributed by atoms with van der Waals surface area (Å²) in [7, 11) is 0. The molecule has 19 heavy (non-hydrogen) atoms. The largest absolute Gasteiger partial charge is 0.329 e. The van der Waals surface area contributed by atoms with Gasteiger partial charge in [0.25, 0.3) is 0 Å². The molecule has 0 aromatic heterocycles. The molecule has 0 aliphatic heterocycles. The quantitative estimate of drug-likeness (QED) is 0.771. The zero-order valence-electron chi connectivity index (χ0n) is 13.5. The highest BCUT2D eigenvalue weighted by atomic mass is 15.0. The first-order chi connectivity index (χ1) is 8.92. The second-order valence-electron chi connectivity index (χ2n) is 7.95. The van der Waals surface area contributed by atoms with Crippen LogP contribution < -0.4 is 11.1 Å². The molecule has 2 aliphatic rings. The molecular weight excluding hydrogens is 232 g/mol. The van der Waals surface area contributed by atoms with Gasteiger partial charge in [0, 0.05) is 12.1 Å². The molecule has 0 saturated heterocycles. The van der Waals surface area contributed by atoms with Crippen LogP contribution in [0.4, 0.5) is 0 Å². The Labute approximate surface area is 119 Å². The fraction of sp³-hybridized carbons (Fsp3) is 1.00. The number of hydrogen-bond acceptors (Lipinski definition) is 2. The third-order valence-electron chi connectivity index (χ3n) is 6.37. The average molecular weight is 266 g/mol. The van der Waals surface area contributed by atoms with E-state index >= 15 is 0 Å². The number of nitrogens with two attached hydrogens (primary N) is 1. The molecule has 0 bridgehead atoms. The summed E-state index contributed by atoms with van der Waals surface area (Å²) < 4.78 is 0. The van der Waals surface area contributed by atoms with Crippen molar-refractivity contribution in [2.45, 2.75) is 71.8 Å². The molecule has 3 N–H and O–H groups in total. The van der Waals surface area contributed by atoms with Crippen LogP contribution in [0.5, 0.6) is 0 Å². The van der Waals surface area contributed by atoms with Crippen molar-refractivity contribution in [1.29, 1.82) is 0 Å². The van der Waals surface area contributed by atoms with E-state index in [9.17, 15) is 0 Å². The van der Waals surface area contributed by atoms with Gasteiger partial charge in [0.2, 0.25) is 0 Å². The Morgan fingerprint density at radius 1 is 1.26 bits per heavy atom. The summed E-state index contributed by atoms with van der Waals surface area (Å²) in [6.45, 7) is 11.6. The second-order valence-corrected chi connectivity index (χ2v) is 7.95. The summed E-state index contributed by atoms with van der Waals surface area (Å²) in [6, 6.07) is 0. The maximum atomic E-state index is 6.10. The van der Waals surface area contributed by atoms with Gasteiger partial charge in [-0.25, -0.2) is 0 Å². The molecular formula is C17H34N2. The van der Waals surface area contributed by atoms with Crippen LogP contribution in [0.1, 0.15) is 66.2 Å². The maximum Gasteiger partial charge on any atom is 0.0304 e. The van der Waals surface area contributed by atoms with Crippen molar-refractivity contribution >= 4 is 0 Å². The van der Waals surface area contributed by atoms with E-state index in [2.05, 4.69) is 33.0 Å². The van der Waals surface area contributed by atoms with Gasteiger partial charge in [0.05, 0.1) is 0 Å². The van der Waals surface area contributed by atoms with Gasteiger partial charge in [-0.1, -0.05) is 34.1 Å². The van der Waals surface area contributed by atoms with Crippen LogP contribution in [0.2, 0.25) is 0 Å². The Hall–Kier alpha value is -0.0800. The van der Waals surface area contributed by atoms with Crippen LogP contribution in [0.3, 0.4) is 0 Å². The van der Waals surface area contributed by atoms with Crippen molar-refractivity contribution in [3.8, 4) is 0 Å². The van der Waals surface area contributed by atoms with Gasteiger partial charge in [-0.15, -0.1) is 0 Å². The standard InChI is InChI=1S/C17H34N2/c1-5-16(3,4)15-6-8-17(12-18,9-7-15)19-11-14-10-13(14)2/h13-15,19H,5-12,18H2,1-4H3. The van der Waals surface area contributed by atoms with E-state index in [-0.39, 0.29) is 5.54 Å². The topological polar surface area (TPSA) is 38.0 Å². The Morgan fingerprint density at radius 3 is 2.26 bits per heavy atom. The lowest BCUT2D eigenvalue weighted by Gasteiger charge is -2.45. The minimum absolute atomic E-state index is 0.253. The lowest BCUT2D eigenvalue weighted by molar-refractivity contribution is 0.101. The van der Waals surface area contributed by atoms with E-state index in [1.807, 2.05) is 0 Å². The van der Waals surface area contributed by atoms with Crippen LogP contribution >= 0.6 is 0 Å². The van der Waals surface area contributed by atoms with Crippen molar-refractivity contribution in [3.63, 3.8) is 0 Å². The minimum atomic E-state index is 0.253. The van der Waals surface area contributed by atoms with E-state index in [0.717, 1.165) is 24.3 Å². The minimum Gasteiger partial charge on any atom is -0.329 e. The van der Waals surface area contributed by atoms with Crippen LogP contribution in [0.15, 0.2) is 0 Å². The summed E-state index contributed by atoms with van der Waals surface area (Å²) in [6.07, 6.45) is 7.97. The fourth-order valence-corrected chi connectivity index (χ4v) is 3.72. The van der Waals surface area contributed by atoms with E-state index < -0.39 is 0 Å². The molecule has 2 unspecified atom stereocenters. The molecule has 0 aromatic carbocycles. The first kappa shape index (κ1) is 15.3. The molecule has 2 rings (SSSR count). The zero-order valence-corrected chi connectivity index (χ0v) is 13.5. The van der Waals surface area contributed by atoms with Crippen molar-refractivity contribution in [3.05, 3.63) is 0 Å². The van der Waals surface area contributed by atoms with Gasteiger partial charge in [0.1, 0.15) is 0 Å². The summed E-state index contributed by atoms with van der Waals surface area (Å²) in [4.78, 5) is 0. The summed E-state index contributed by atoms with van der Waals surface area (Å²) in [5.41, 5.74) is 6.86. The average Bonchev–Trinajstić information content (AvgIpc) is 3.13. The van der Waals surface area contributed by atoms with Gasteiger partial charge in [-0.05, 0) is 61.8 Å². The van der Waals surface area contributed by atoms with E-state index in [1.165, 1.54) is 45.1 Å². The third-order valence-corrected chi connectivity index (χ3v) is 6.37. The van der Waals surface area contributed by atoms with Gasteiger partial charge in [-0.3, -0.25) is 0 Å². The second kappa shape index (κ2) is 5.73. The molecule has 2 heteroatoms. The van der Waals surface area contributed by atoms with Gasteiger partial charge in [0.15, 0.2) is 0 Å². The van der Waals surface area contributed by atoms with Crippen LogP contribution in [0, 0.1) is 23.2 Å². The number of hydrogen-bond donors (Lipinski definition) is 2. The monoisotopic (exact) mass is 266 g/mol. The van der Waals surface area contributed by atoms with Gasteiger partial charge in [-0.2, -0.15) is 0 Å². The lowest BCUT2D eigenvalue weighted by atomic mass is 9.65.